The Kier molecular flexibility index (Phi) is 13.8. The van der Waals surface area contributed by atoms with E-state index in [1.807, 2.05) is 13.8 Å². The minimum Gasteiger partial charge on any atom is -0.382 e. The Balaban J connectivity index is 0.000000861. The third-order valence-corrected chi connectivity index (χ3v) is 8.99. The first-order chi connectivity index (χ1) is 14.6. The summed E-state index contributed by atoms with van der Waals surface area (Å²) in [5.41, 5.74) is 0.483. The van der Waals surface area contributed by atoms with Gasteiger partial charge in [-0.25, -0.2) is 0 Å². The number of hydrogen-bond donors (Lipinski definition) is 0. The zero-order valence-corrected chi connectivity index (χ0v) is 23.9. The summed E-state index contributed by atoms with van der Waals surface area (Å²) < 4.78 is 4.83. The summed E-state index contributed by atoms with van der Waals surface area (Å²) in [7, 11) is 0. The van der Waals surface area contributed by atoms with E-state index < -0.39 is 0 Å². The molecule has 0 fully saturated rings. The standard InChI is InChI=1S/C16H6Cl8S2.C4H10O/c1-3-25-15-11(21)7(17)5(8(18)12(15)22)6-9(19)13(23)16(26-4-2)14(24)10(6)20;1-3-5-4-2/h3-4H,1-2H2;3-4H2,1-2H3. The molecule has 0 heterocycles. The third kappa shape index (κ3) is 6.96. The van der Waals surface area contributed by atoms with Crippen LogP contribution in [-0.4, -0.2) is 13.2 Å². The maximum Gasteiger partial charge on any atom is 0.0754 e. The van der Waals surface area contributed by atoms with Crippen LogP contribution in [0.5, 0.6) is 0 Å². The predicted octanol–water partition coefficient (Wildman–Crippen LogP) is 12.1. The van der Waals surface area contributed by atoms with Gasteiger partial charge in [-0.15, -0.1) is 0 Å². The van der Waals surface area contributed by atoms with Crippen LogP contribution in [0.2, 0.25) is 40.2 Å². The van der Waals surface area contributed by atoms with Crippen LogP contribution in [0.25, 0.3) is 11.1 Å². The Morgan fingerprint density at radius 2 is 0.839 bits per heavy atom. The van der Waals surface area contributed by atoms with Crippen molar-refractivity contribution < 1.29 is 4.74 Å². The lowest BCUT2D eigenvalue weighted by Gasteiger charge is -2.19. The predicted molar refractivity (Wildman–Crippen MR) is 146 cm³/mol. The van der Waals surface area contributed by atoms with E-state index >= 15 is 0 Å². The molecule has 0 bridgehead atoms. The Labute approximate surface area is 231 Å². The molecule has 11 heteroatoms. The first kappa shape index (κ1) is 29.9. The Hall–Kier alpha value is 0.900. The summed E-state index contributed by atoms with van der Waals surface area (Å²) in [5.74, 6) is 0. The molecule has 31 heavy (non-hydrogen) atoms. The van der Waals surface area contributed by atoms with Gasteiger partial charge in [-0.2, -0.15) is 0 Å². The minimum atomic E-state index is 0.116. The van der Waals surface area contributed by atoms with Crippen LogP contribution in [-0.2, 0) is 4.74 Å². The van der Waals surface area contributed by atoms with Gasteiger partial charge in [0.1, 0.15) is 0 Å². The van der Waals surface area contributed by atoms with E-state index in [-0.39, 0.29) is 51.3 Å². The molecule has 0 saturated heterocycles. The largest absolute Gasteiger partial charge is 0.382 e. The van der Waals surface area contributed by atoms with Crippen LogP contribution in [0.4, 0.5) is 0 Å². The molecule has 0 N–H and O–H groups in total. The van der Waals surface area contributed by atoms with Crippen LogP contribution in [0.3, 0.4) is 0 Å². The lowest BCUT2D eigenvalue weighted by Crippen LogP contribution is -1.93. The molecule has 0 aromatic heterocycles. The van der Waals surface area contributed by atoms with Gasteiger partial charge in [-0.3, -0.25) is 0 Å². The smallest absolute Gasteiger partial charge is 0.0754 e. The van der Waals surface area contributed by atoms with Gasteiger partial charge in [0, 0.05) is 24.3 Å². The average Bonchev–Trinajstić information content (AvgIpc) is 2.75. The SMILES string of the molecule is C=CSc1c(Cl)c(Cl)c(-c2c(Cl)c(Cl)c(SC=C)c(Cl)c2Cl)c(Cl)c1Cl.CCOCC. The second kappa shape index (κ2) is 14.3. The van der Waals surface area contributed by atoms with Crippen molar-refractivity contribution in [2.75, 3.05) is 13.2 Å². The first-order valence-electron chi connectivity index (χ1n) is 8.45. The van der Waals surface area contributed by atoms with Crippen molar-refractivity contribution >= 4 is 116 Å². The highest BCUT2D eigenvalue weighted by molar-refractivity contribution is 8.02. The first-order valence-corrected chi connectivity index (χ1v) is 13.2. The van der Waals surface area contributed by atoms with Crippen molar-refractivity contribution in [3.05, 3.63) is 64.2 Å². The number of benzene rings is 2. The van der Waals surface area contributed by atoms with E-state index in [1.165, 1.54) is 23.5 Å². The zero-order valence-electron chi connectivity index (χ0n) is 16.2. The lowest BCUT2D eigenvalue weighted by molar-refractivity contribution is 0.162. The highest BCUT2D eigenvalue weighted by atomic mass is 35.5. The van der Waals surface area contributed by atoms with Crippen molar-refractivity contribution in [3.8, 4) is 11.1 Å². The third-order valence-electron chi connectivity index (χ3n) is 3.51. The summed E-state index contributed by atoms with van der Waals surface area (Å²) in [4.78, 5) is 0.927. The van der Waals surface area contributed by atoms with Crippen LogP contribution in [0.1, 0.15) is 13.8 Å². The molecule has 0 radical (unpaired) electrons. The fourth-order valence-electron chi connectivity index (χ4n) is 2.24. The van der Waals surface area contributed by atoms with Crippen molar-refractivity contribution in [2.24, 2.45) is 0 Å². The van der Waals surface area contributed by atoms with Crippen molar-refractivity contribution in [3.63, 3.8) is 0 Å². The number of halogens is 8. The second-order valence-electron chi connectivity index (χ2n) is 5.27. The molecule has 1 nitrogen and oxygen atoms in total. The highest BCUT2D eigenvalue weighted by Gasteiger charge is 2.28. The molecular weight excluding hydrogens is 604 g/mol. The summed E-state index contributed by atoms with van der Waals surface area (Å²) in [5, 5.41) is 4.31. The molecule has 0 aliphatic heterocycles. The molecule has 0 unspecified atom stereocenters. The Bertz CT molecular complexity index is 843. The molecule has 0 aliphatic rings. The fraction of sp³-hybridized carbons (Fsp3) is 0.200. The van der Waals surface area contributed by atoms with E-state index in [1.54, 1.807) is 10.8 Å². The molecule has 2 aromatic rings. The second-order valence-corrected chi connectivity index (χ2v) is 10.2. The van der Waals surface area contributed by atoms with Gasteiger partial charge in [0.25, 0.3) is 0 Å². The minimum absolute atomic E-state index is 0.116. The molecule has 0 spiro atoms. The number of thioether (sulfide) groups is 2. The summed E-state index contributed by atoms with van der Waals surface area (Å²) in [6.45, 7) is 12.9. The van der Waals surface area contributed by atoms with E-state index in [0.29, 0.717) is 9.79 Å². The molecule has 0 aliphatic carbocycles. The molecule has 0 amide bonds. The quantitative estimate of drug-likeness (QED) is 0.225. The fourth-order valence-corrected chi connectivity index (χ4v) is 6.24. The van der Waals surface area contributed by atoms with Gasteiger partial charge >= 0.3 is 0 Å². The maximum atomic E-state index is 6.45. The van der Waals surface area contributed by atoms with E-state index in [0.717, 1.165) is 13.2 Å². The maximum absolute atomic E-state index is 6.45. The van der Waals surface area contributed by atoms with E-state index in [4.69, 9.17) is 97.5 Å². The summed E-state index contributed by atoms with van der Waals surface area (Å²) >= 11 is 53.6. The van der Waals surface area contributed by atoms with Gasteiger partial charge in [0.05, 0.1) is 50.0 Å². The van der Waals surface area contributed by atoms with Crippen molar-refractivity contribution in [1.29, 1.82) is 0 Å². The molecule has 0 atom stereocenters. The summed E-state index contributed by atoms with van der Waals surface area (Å²) in [6.07, 6.45) is 0. The van der Waals surface area contributed by atoms with E-state index in [2.05, 4.69) is 13.2 Å². The van der Waals surface area contributed by atoms with Crippen LogP contribution in [0.15, 0.2) is 33.8 Å². The monoisotopic (exact) mass is 616 g/mol. The molecule has 0 saturated carbocycles. The molecule has 2 rings (SSSR count). The average molecular weight is 620 g/mol. The number of rotatable bonds is 7. The highest BCUT2D eigenvalue weighted by Crippen LogP contribution is 2.56. The summed E-state index contributed by atoms with van der Waals surface area (Å²) in [6, 6.07) is 0. The normalized spacial score (nSPS) is 10.5. The van der Waals surface area contributed by atoms with Crippen LogP contribution in [0, 0.1) is 0 Å². The van der Waals surface area contributed by atoms with E-state index in [9.17, 15) is 0 Å². The molecular formula is C20H16Cl8OS2. The Morgan fingerprint density at radius 1 is 0.581 bits per heavy atom. The zero-order chi connectivity index (χ0) is 23.9. The van der Waals surface area contributed by atoms with Gasteiger partial charge in [-0.1, -0.05) is 129 Å². The van der Waals surface area contributed by atoms with Gasteiger partial charge in [-0.05, 0) is 24.7 Å². The van der Waals surface area contributed by atoms with Crippen molar-refractivity contribution in [1.82, 2.24) is 0 Å². The van der Waals surface area contributed by atoms with Gasteiger partial charge in [0.2, 0.25) is 0 Å². The number of ether oxygens (including phenoxy) is 1. The Morgan fingerprint density at radius 3 is 1.00 bits per heavy atom. The van der Waals surface area contributed by atoms with Crippen LogP contribution < -0.4 is 0 Å². The number of hydrogen-bond acceptors (Lipinski definition) is 3. The van der Waals surface area contributed by atoms with Crippen molar-refractivity contribution in [2.45, 2.75) is 23.6 Å². The lowest BCUT2D eigenvalue weighted by atomic mass is 10.0. The molecule has 2 aromatic carbocycles. The topological polar surface area (TPSA) is 9.23 Å². The van der Waals surface area contributed by atoms with Gasteiger partial charge in [0.15, 0.2) is 0 Å². The molecule has 170 valence electrons. The van der Waals surface area contributed by atoms with Crippen LogP contribution >= 0.6 is 116 Å². The van der Waals surface area contributed by atoms with Gasteiger partial charge < -0.3 is 4.74 Å².